The van der Waals surface area contributed by atoms with Crippen molar-refractivity contribution in [3.8, 4) is 0 Å². The number of carbonyl (C=O) groups is 1. The van der Waals surface area contributed by atoms with E-state index in [0.29, 0.717) is 31.2 Å². The van der Waals surface area contributed by atoms with Gasteiger partial charge in [-0.3, -0.25) is 4.79 Å². The van der Waals surface area contributed by atoms with E-state index in [2.05, 4.69) is 46.6 Å². The minimum Gasteiger partial charge on any atom is -0.383 e. The fraction of sp³-hybridized carbons (Fsp3) is 0.650. The number of ether oxygens (including phenoxy) is 1. The van der Waals surface area contributed by atoms with Crippen LogP contribution < -0.4 is 0 Å². The normalized spacial score (nSPS) is 11.9. The summed E-state index contributed by atoms with van der Waals surface area (Å²) in [5, 5.41) is 5.30. The first-order valence-corrected chi connectivity index (χ1v) is 9.42. The third-order valence-electron chi connectivity index (χ3n) is 4.34. The average Bonchev–Trinajstić information content (AvgIpc) is 3.00. The van der Waals surface area contributed by atoms with Gasteiger partial charge in [-0.2, -0.15) is 5.10 Å². The molecular formula is C20H32N4O2. The van der Waals surface area contributed by atoms with Gasteiger partial charge in [0.1, 0.15) is 0 Å². The Morgan fingerprint density at radius 2 is 1.92 bits per heavy atom. The second-order valence-corrected chi connectivity index (χ2v) is 7.81. The van der Waals surface area contributed by atoms with E-state index in [-0.39, 0.29) is 17.9 Å². The highest BCUT2D eigenvalue weighted by atomic mass is 16.5. The molecule has 144 valence electrons. The highest BCUT2D eigenvalue weighted by Gasteiger charge is 2.23. The van der Waals surface area contributed by atoms with Gasteiger partial charge in [0.25, 0.3) is 5.91 Å². The molecule has 0 saturated heterocycles. The molecule has 0 aromatic carbocycles. The number of hydrogen-bond acceptors (Lipinski definition) is 4. The molecule has 0 fully saturated rings. The second-order valence-electron chi connectivity index (χ2n) is 7.81. The molecule has 0 aliphatic carbocycles. The number of rotatable bonds is 8. The largest absolute Gasteiger partial charge is 0.383 e. The Bertz CT molecular complexity index is 750. The van der Waals surface area contributed by atoms with Crippen LogP contribution in [0.3, 0.4) is 0 Å². The summed E-state index contributed by atoms with van der Waals surface area (Å²) in [7, 11) is 1.66. The van der Waals surface area contributed by atoms with Crippen LogP contribution in [0.2, 0.25) is 0 Å². The summed E-state index contributed by atoms with van der Waals surface area (Å²) in [6, 6.07) is 2.12. The van der Waals surface area contributed by atoms with Crippen LogP contribution >= 0.6 is 0 Å². The van der Waals surface area contributed by atoms with Crippen molar-refractivity contribution in [3.63, 3.8) is 0 Å². The van der Waals surface area contributed by atoms with Crippen LogP contribution in [0, 0.1) is 5.92 Å². The molecule has 0 bridgehead atoms. The molecule has 2 aromatic heterocycles. The first kappa shape index (κ1) is 20.4. The van der Waals surface area contributed by atoms with Gasteiger partial charge < -0.3 is 9.64 Å². The Kier molecular flexibility index (Phi) is 6.75. The van der Waals surface area contributed by atoms with Crippen molar-refractivity contribution in [2.24, 2.45) is 5.92 Å². The van der Waals surface area contributed by atoms with Gasteiger partial charge in [-0.1, -0.05) is 27.7 Å². The summed E-state index contributed by atoms with van der Waals surface area (Å²) in [6.45, 7) is 14.4. The summed E-state index contributed by atoms with van der Waals surface area (Å²) in [5.74, 6) is 0.642. The molecule has 0 aliphatic heterocycles. The number of nitrogens with zero attached hydrogens (tertiary/aromatic N) is 4. The molecule has 2 aromatic rings. The maximum atomic E-state index is 13.4. The molecule has 0 spiro atoms. The molecule has 0 unspecified atom stereocenters. The van der Waals surface area contributed by atoms with E-state index in [1.807, 2.05) is 15.6 Å². The van der Waals surface area contributed by atoms with E-state index in [0.717, 1.165) is 16.7 Å². The number of methoxy groups -OCH3 is 1. The monoisotopic (exact) mass is 360 g/mol. The minimum absolute atomic E-state index is 0.0216. The van der Waals surface area contributed by atoms with E-state index in [1.165, 1.54) is 0 Å². The lowest BCUT2D eigenvalue weighted by Gasteiger charge is -2.25. The molecule has 0 radical (unpaired) electrons. The number of pyridine rings is 1. The lowest BCUT2D eigenvalue weighted by molar-refractivity contribution is 0.0674. The zero-order valence-electron chi connectivity index (χ0n) is 17.1. The first-order valence-electron chi connectivity index (χ1n) is 9.42. The van der Waals surface area contributed by atoms with E-state index in [1.54, 1.807) is 13.3 Å². The van der Waals surface area contributed by atoms with Crippen LogP contribution in [0.4, 0.5) is 0 Å². The summed E-state index contributed by atoms with van der Waals surface area (Å²) < 4.78 is 7.09. The van der Waals surface area contributed by atoms with Crippen LogP contribution in [-0.2, 0) is 4.74 Å². The van der Waals surface area contributed by atoms with Gasteiger partial charge in [0.05, 0.1) is 23.8 Å². The van der Waals surface area contributed by atoms with Crippen molar-refractivity contribution >= 4 is 16.9 Å². The number of hydrogen-bond donors (Lipinski definition) is 0. The molecule has 0 saturated carbocycles. The first-order chi connectivity index (χ1) is 12.3. The van der Waals surface area contributed by atoms with Gasteiger partial charge in [0, 0.05) is 31.9 Å². The van der Waals surface area contributed by atoms with Crippen molar-refractivity contribution in [2.45, 2.75) is 53.5 Å². The van der Waals surface area contributed by atoms with Crippen molar-refractivity contribution in [2.75, 3.05) is 26.8 Å². The molecule has 2 heterocycles. The van der Waals surface area contributed by atoms with Gasteiger partial charge in [-0.25, -0.2) is 9.67 Å². The second kappa shape index (κ2) is 8.62. The molecule has 6 heteroatoms. The Labute approximate surface area is 156 Å². The number of fused-ring (bicyclic) bond motifs is 1. The van der Waals surface area contributed by atoms with Crippen LogP contribution in [0.5, 0.6) is 0 Å². The predicted molar refractivity (Wildman–Crippen MR) is 105 cm³/mol. The van der Waals surface area contributed by atoms with Crippen LogP contribution in [0.15, 0.2) is 12.3 Å². The van der Waals surface area contributed by atoms with Crippen molar-refractivity contribution in [1.29, 1.82) is 0 Å². The number of amides is 1. The van der Waals surface area contributed by atoms with E-state index < -0.39 is 0 Å². The lowest BCUT2D eigenvalue weighted by atomic mass is 10.0. The zero-order valence-corrected chi connectivity index (χ0v) is 17.1. The van der Waals surface area contributed by atoms with Gasteiger partial charge in [-0.15, -0.1) is 0 Å². The third kappa shape index (κ3) is 4.41. The number of carbonyl (C=O) groups excluding carboxylic acids is 1. The average molecular weight is 361 g/mol. The molecule has 0 aliphatic rings. The smallest absolute Gasteiger partial charge is 0.254 e. The number of aromatic nitrogens is 3. The SMILES string of the molecule is COCCN(CC(C)C)C(=O)c1cc(C(C)C)nc2c1cnn2C(C)C. The van der Waals surface area contributed by atoms with Gasteiger partial charge in [0.15, 0.2) is 5.65 Å². The fourth-order valence-corrected chi connectivity index (χ4v) is 2.98. The predicted octanol–water partition coefficient (Wildman–Crippen LogP) is 3.88. The molecule has 26 heavy (non-hydrogen) atoms. The minimum atomic E-state index is 0.0216. The van der Waals surface area contributed by atoms with Crippen LogP contribution in [0.25, 0.3) is 11.0 Å². The van der Waals surface area contributed by atoms with Crippen LogP contribution in [0.1, 0.15) is 69.6 Å². The zero-order chi connectivity index (χ0) is 19.4. The van der Waals surface area contributed by atoms with Crippen molar-refractivity contribution < 1.29 is 9.53 Å². The standard InChI is InChI=1S/C20H32N4O2/c1-13(2)12-23(8-9-26-7)20(25)16-10-18(14(3)4)22-19-17(16)11-21-24(19)15(5)6/h10-11,13-15H,8-9,12H2,1-7H3. The van der Waals surface area contributed by atoms with E-state index in [9.17, 15) is 4.79 Å². The summed E-state index contributed by atoms with van der Waals surface area (Å²) in [4.78, 5) is 20.0. The molecule has 2 rings (SSSR count). The maximum absolute atomic E-state index is 13.4. The topological polar surface area (TPSA) is 60.2 Å². The van der Waals surface area contributed by atoms with Gasteiger partial charge in [-0.05, 0) is 31.7 Å². The molecule has 0 atom stereocenters. The highest BCUT2D eigenvalue weighted by Crippen LogP contribution is 2.25. The van der Waals surface area contributed by atoms with E-state index >= 15 is 0 Å². The summed E-state index contributed by atoms with van der Waals surface area (Å²) >= 11 is 0. The molecule has 6 nitrogen and oxygen atoms in total. The Balaban J connectivity index is 2.56. The van der Waals surface area contributed by atoms with E-state index in [4.69, 9.17) is 9.72 Å². The van der Waals surface area contributed by atoms with Crippen molar-refractivity contribution in [3.05, 3.63) is 23.5 Å². The Morgan fingerprint density at radius 3 is 2.46 bits per heavy atom. The van der Waals surface area contributed by atoms with Crippen molar-refractivity contribution in [1.82, 2.24) is 19.7 Å². The summed E-state index contributed by atoms with van der Waals surface area (Å²) in [6.07, 6.45) is 1.77. The fourth-order valence-electron chi connectivity index (χ4n) is 2.98. The maximum Gasteiger partial charge on any atom is 0.254 e. The Hall–Kier alpha value is -1.95. The Morgan fingerprint density at radius 1 is 1.23 bits per heavy atom. The highest BCUT2D eigenvalue weighted by molar-refractivity contribution is 6.05. The quantitative estimate of drug-likeness (QED) is 0.717. The summed E-state index contributed by atoms with van der Waals surface area (Å²) in [5.41, 5.74) is 2.38. The van der Waals surface area contributed by atoms with Crippen LogP contribution in [-0.4, -0.2) is 52.4 Å². The van der Waals surface area contributed by atoms with Gasteiger partial charge >= 0.3 is 0 Å². The molecular weight excluding hydrogens is 328 g/mol. The van der Waals surface area contributed by atoms with Gasteiger partial charge in [0.2, 0.25) is 0 Å². The molecule has 0 N–H and O–H groups in total. The third-order valence-corrected chi connectivity index (χ3v) is 4.34. The molecule has 1 amide bonds. The lowest BCUT2D eigenvalue weighted by Crippen LogP contribution is -2.37.